The van der Waals surface area contributed by atoms with Crippen molar-refractivity contribution in [1.82, 2.24) is 0 Å². The van der Waals surface area contributed by atoms with Crippen molar-refractivity contribution in [2.24, 2.45) is 0 Å². The van der Waals surface area contributed by atoms with Gasteiger partial charge in [-0.05, 0) is 30.0 Å². The number of hydrogen-bond acceptors (Lipinski definition) is 3. The molecule has 94 valence electrons. The van der Waals surface area contributed by atoms with Crippen molar-refractivity contribution in [1.29, 1.82) is 0 Å². The Labute approximate surface area is 104 Å². The van der Waals surface area contributed by atoms with Gasteiger partial charge in [0, 0.05) is 5.39 Å². The van der Waals surface area contributed by atoms with Crippen LogP contribution in [0.15, 0.2) is 27.4 Å². The summed E-state index contributed by atoms with van der Waals surface area (Å²) in [6.07, 6.45) is 0. The third-order valence-electron chi connectivity index (χ3n) is 2.98. The van der Waals surface area contributed by atoms with E-state index in [0.29, 0.717) is 11.0 Å². The number of carboxylic acids is 1. The fraction of sp³-hybridized carbons (Fsp3) is 0.286. The highest BCUT2D eigenvalue weighted by atomic mass is 16.4. The molecule has 0 bridgehead atoms. The summed E-state index contributed by atoms with van der Waals surface area (Å²) in [5, 5.41) is 9.66. The van der Waals surface area contributed by atoms with E-state index in [1.807, 2.05) is 32.9 Å². The van der Waals surface area contributed by atoms with Crippen molar-refractivity contribution in [2.45, 2.75) is 26.7 Å². The lowest BCUT2D eigenvalue weighted by molar-refractivity contribution is 0.0692. The highest BCUT2D eigenvalue weighted by Gasteiger charge is 2.16. The quantitative estimate of drug-likeness (QED) is 0.827. The van der Waals surface area contributed by atoms with Crippen molar-refractivity contribution in [3.63, 3.8) is 0 Å². The predicted octanol–water partition coefficient (Wildman–Crippen LogP) is 2.92. The van der Waals surface area contributed by atoms with Gasteiger partial charge in [-0.2, -0.15) is 0 Å². The zero-order chi connectivity index (χ0) is 13.4. The van der Waals surface area contributed by atoms with E-state index in [4.69, 9.17) is 9.52 Å². The summed E-state index contributed by atoms with van der Waals surface area (Å²) >= 11 is 0. The Balaban J connectivity index is 2.92. The maximum atomic E-state index is 11.6. The van der Waals surface area contributed by atoms with Crippen LogP contribution in [-0.2, 0) is 0 Å². The largest absolute Gasteiger partial charge is 0.477 e. The lowest BCUT2D eigenvalue weighted by Crippen LogP contribution is -2.13. The molecule has 0 spiro atoms. The maximum absolute atomic E-state index is 11.6. The molecule has 1 aromatic heterocycles. The van der Waals surface area contributed by atoms with Gasteiger partial charge in [0.1, 0.15) is 11.1 Å². The van der Waals surface area contributed by atoms with Gasteiger partial charge < -0.3 is 9.52 Å². The molecule has 4 nitrogen and oxygen atoms in total. The Hall–Kier alpha value is -2.10. The molecule has 0 aliphatic heterocycles. The van der Waals surface area contributed by atoms with Crippen LogP contribution in [0.3, 0.4) is 0 Å². The minimum Gasteiger partial charge on any atom is -0.477 e. The fourth-order valence-corrected chi connectivity index (χ4v) is 2.01. The van der Waals surface area contributed by atoms with Crippen LogP contribution < -0.4 is 5.63 Å². The monoisotopic (exact) mass is 246 g/mol. The first-order valence-corrected chi connectivity index (χ1v) is 5.72. The number of carboxylic acid groups (broad SMARTS) is 1. The number of hydrogen-bond donors (Lipinski definition) is 1. The van der Waals surface area contributed by atoms with Gasteiger partial charge in [-0.3, -0.25) is 0 Å². The number of aromatic carboxylic acids is 1. The Morgan fingerprint density at radius 1 is 1.33 bits per heavy atom. The SMILES string of the molecule is Cc1ccc(C(C)C)c2cc(C(=O)O)c(=O)oc12. The first-order valence-electron chi connectivity index (χ1n) is 5.72. The zero-order valence-corrected chi connectivity index (χ0v) is 10.5. The summed E-state index contributed by atoms with van der Waals surface area (Å²) in [4.78, 5) is 22.5. The molecule has 0 aliphatic rings. The number of benzene rings is 1. The molecule has 0 aliphatic carbocycles. The molecule has 2 aromatic rings. The van der Waals surface area contributed by atoms with Crippen LogP contribution in [0.4, 0.5) is 0 Å². The summed E-state index contributed by atoms with van der Waals surface area (Å²) in [6.45, 7) is 5.85. The molecule has 0 fully saturated rings. The minimum atomic E-state index is -1.26. The van der Waals surface area contributed by atoms with Crippen molar-refractivity contribution in [3.8, 4) is 0 Å². The van der Waals surface area contributed by atoms with Gasteiger partial charge in [0.2, 0.25) is 0 Å². The normalized spacial score (nSPS) is 11.1. The lowest BCUT2D eigenvalue weighted by atomic mass is 9.96. The third-order valence-corrected chi connectivity index (χ3v) is 2.98. The van der Waals surface area contributed by atoms with Crippen LogP contribution in [-0.4, -0.2) is 11.1 Å². The maximum Gasteiger partial charge on any atom is 0.351 e. The Morgan fingerprint density at radius 2 is 2.00 bits per heavy atom. The molecule has 0 radical (unpaired) electrons. The van der Waals surface area contributed by atoms with Gasteiger partial charge in [-0.15, -0.1) is 0 Å². The van der Waals surface area contributed by atoms with E-state index in [0.717, 1.165) is 11.1 Å². The molecule has 0 atom stereocenters. The van der Waals surface area contributed by atoms with E-state index >= 15 is 0 Å². The van der Waals surface area contributed by atoms with Gasteiger partial charge in [0.15, 0.2) is 0 Å². The van der Waals surface area contributed by atoms with Crippen LogP contribution in [0, 0.1) is 6.92 Å². The Bertz CT molecular complexity index is 680. The predicted molar refractivity (Wildman–Crippen MR) is 68.3 cm³/mol. The average molecular weight is 246 g/mol. The van der Waals surface area contributed by atoms with E-state index in [9.17, 15) is 9.59 Å². The molecule has 0 unspecified atom stereocenters. The van der Waals surface area contributed by atoms with Crippen LogP contribution in [0.1, 0.15) is 41.3 Å². The average Bonchev–Trinajstić information content (AvgIpc) is 2.28. The van der Waals surface area contributed by atoms with Gasteiger partial charge in [0.05, 0.1) is 0 Å². The molecule has 1 N–H and O–H groups in total. The first kappa shape index (κ1) is 12.4. The lowest BCUT2D eigenvalue weighted by Gasteiger charge is -2.11. The van der Waals surface area contributed by atoms with E-state index in [-0.39, 0.29) is 11.5 Å². The summed E-state index contributed by atoms with van der Waals surface area (Å²) in [6, 6.07) is 5.22. The van der Waals surface area contributed by atoms with Gasteiger partial charge in [0.25, 0.3) is 0 Å². The van der Waals surface area contributed by atoms with Gasteiger partial charge >= 0.3 is 11.6 Å². The van der Waals surface area contributed by atoms with Crippen molar-refractivity contribution in [2.75, 3.05) is 0 Å². The van der Waals surface area contributed by atoms with E-state index in [2.05, 4.69) is 0 Å². The van der Waals surface area contributed by atoms with Gasteiger partial charge in [-0.25, -0.2) is 9.59 Å². The molecule has 0 saturated heterocycles. The molecule has 1 aromatic carbocycles. The summed E-state index contributed by atoms with van der Waals surface area (Å²) in [5.41, 5.74) is 1.13. The van der Waals surface area contributed by atoms with Crippen LogP contribution in [0.5, 0.6) is 0 Å². The first-order chi connectivity index (χ1) is 8.41. The summed E-state index contributed by atoms with van der Waals surface area (Å²) in [5.74, 6) is -1.04. The second-order valence-electron chi connectivity index (χ2n) is 4.62. The molecule has 0 saturated carbocycles. The van der Waals surface area contributed by atoms with E-state index in [1.54, 1.807) is 0 Å². The number of rotatable bonds is 2. The Morgan fingerprint density at radius 3 is 2.56 bits per heavy atom. The second kappa shape index (κ2) is 4.29. The van der Waals surface area contributed by atoms with E-state index < -0.39 is 11.6 Å². The van der Waals surface area contributed by atoms with Crippen molar-refractivity contribution in [3.05, 3.63) is 45.3 Å². The minimum absolute atomic E-state index is 0.224. The van der Waals surface area contributed by atoms with Crippen LogP contribution in [0.2, 0.25) is 0 Å². The third kappa shape index (κ3) is 1.90. The zero-order valence-electron chi connectivity index (χ0n) is 10.5. The molecular formula is C14H14O4. The molecule has 1 heterocycles. The highest BCUT2D eigenvalue weighted by Crippen LogP contribution is 2.27. The summed E-state index contributed by atoms with van der Waals surface area (Å²) in [7, 11) is 0. The van der Waals surface area contributed by atoms with Gasteiger partial charge in [-0.1, -0.05) is 26.0 Å². The molecular weight excluding hydrogens is 232 g/mol. The number of fused-ring (bicyclic) bond motifs is 1. The number of aryl methyl sites for hydroxylation is 1. The van der Waals surface area contributed by atoms with Crippen LogP contribution in [0.25, 0.3) is 11.0 Å². The van der Waals surface area contributed by atoms with Crippen LogP contribution >= 0.6 is 0 Å². The summed E-state index contributed by atoms with van der Waals surface area (Å²) < 4.78 is 5.14. The van der Waals surface area contributed by atoms with Crippen molar-refractivity contribution < 1.29 is 14.3 Å². The fourth-order valence-electron chi connectivity index (χ4n) is 2.01. The van der Waals surface area contributed by atoms with Crippen molar-refractivity contribution >= 4 is 16.9 Å². The molecule has 18 heavy (non-hydrogen) atoms. The molecule has 4 heteroatoms. The molecule has 0 amide bonds. The topological polar surface area (TPSA) is 67.5 Å². The second-order valence-corrected chi connectivity index (χ2v) is 4.62. The number of carbonyl (C=O) groups is 1. The Kier molecular flexibility index (Phi) is 2.95. The smallest absolute Gasteiger partial charge is 0.351 e. The highest BCUT2D eigenvalue weighted by molar-refractivity contribution is 5.93. The molecule has 2 rings (SSSR count). The standard InChI is InChI=1S/C14H14O4/c1-7(2)9-5-4-8(3)12-10(9)6-11(13(15)16)14(17)18-12/h4-7H,1-3H3,(H,15,16). The van der Waals surface area contributed by atoms with E-state index in [1.165, 1.54) is 6.07 Å².